The summed E-state index contributed by atoms with van der Waals surface area (Å²) in [6, 6.07) is 12.2. The number of hydrogen-bond donors (Lipinski definition) is 2. The minimum Gasteiger partial charge on any atom is -0.207 e. The van der Waals surface area contributed by atoms with E-state index in [4.69, 9.17) is 0 Å². The van der Waals surface area contributed by atoms with Gasteiger partial charge < -0.3 is 0 Å². The van der Waals surface area contributed by atoms with Crippen molar-refractivity contribution in [3.63, 3.8) is 0 Å². The number of benzene rings is 2. The first-order chi connectivity index (χ1) is 13.2. The van der Waals surface area contributed by atoms with Crippen molar-refractivity contribution in [3.05, 3.63) is 59.7 Å². The van der Waals surface area contributed by atoms with E-state index in [0.29, 0.717) is 12.8 Å². The Hall–Kier alpha value is -1.74. The highest BCUT2D eigenvalue weighted by molar-refractivity contribution is 7.90. The van der Waals surface area contributed by atoms with Gasteiger partial charge in [-0.15, -0.1) is 0 Å². The molecule has 0 aliphatic heterocycles. The van der Waals surface area contributed by atoms with Crippen molar-refractivity contribution < 1.29 is 16.8 Å². The summed E-state index contributed by atoms with van der Waals surface area (Å²) in [5, 5.41) is 0. The van der Waals surface area contributed by atoms with Gasteiger partial charge in [-0.2, -0.15) is 0 Å². The SMILES string of the molecule is Cc1ccc(S(=O)(=O)N[C@H]2CCCC[C@@H]2NS(=O)(=O)c2ccc(C)cc2)cc1. The van der Waals surface area contributed by atoms with E-state index in [1.54, 1.807) is 48.5 Å². The van der Waals surface area contributed by atoms with Crippen molar-refractivity contribution >= 4 is 20.0 Å². The molecule has 1 fully saturated rings. The Balaban J connectivity index is 1.78. The summed E-state index contributed by atoms with van der Waals surface area (Å²) >= 11 is 0. The third-order valence-electron chi connectivity index (χ3n) is 5.04. The lowest BCUT2D eigenvalue weighted by Crippen LogP contribution is -2.52. The molecule has 0 unspecified atom stereocenters. The molecule has 3 rings (SSSR count). The summed E-state index contributed by atoms with van der Waals surface area (Å²) in [7, 11) is -7.44. The van der Waals surface area contributed by atoms with E-state index in [-0.39, 0.29) is 9.79 Å². The van der Waals surface area contributed by atoms with Crippen LogP contribution in [0.15, 0.2) is 58.3 Å². The van der Waals surface area contributed by atoms with Crippen LogP contribution in [0.5, 0.6) is 0 Å². The molecule has 8 heteroatoms. The van der Waals surface area contributed by atoms with Crippen LogP contribution in [0.2, 0.25) is 0 Å². The largest absolute Gasteiger partial charge is 0.240 e. The van der Waals surface area contributed by atoms with Crippen LogP contribution in [0.4, 0.5) is 0 Å². The quantitative estimate of drug-likeness (QED) is 0.749. The Labute approximate surface area is 167 Å². The minimum atomic E-state index is -3.72. The Bertz CT molecular complexity index is 929. The number of sulfonamides is 2. The van der Waals surface area contributed by atoms with Crippen molar-refractivity contribution in [1.82, 2.24) is 9.44 Å². The summed E-state index contributed by atoms with van der Waals surface area (Å²) < 4.78 is 56.4. The average Bonchev–Trinajstić information content (AvgIpc) is 2.64. The summed E-state index contributed by atoms with van der Waals surface area (Å²) in [5.41, 5.74) is 1.95. The second-order valence-corrected chi connectivity index (χ2v) is 10.8. The first-order valence-corrected chi connectivity index (χ1v) is 12.3. The van der Waals surface area contributed by atoms with Crippen LogP contribution in [0.1, 0.15) is 36.8 Å². The van der Waals surface area contributed by atoms with Gasteiger partial charge in [-0.1, -0.05) is 48.2 Å². The van der Waals surface area contributed by atoms with E-state index in [0.717, 1.165) is 24.0 Å². The van der Waals surface area contributed by atoms with Crippen LogP contribution in [0.3, 0.4) is 0 Å². The standard InChI is InChI=1S/C20H26N2O4S2/c1-15-7-11-17(12-8-15)27(23,24)21-19-5-3-4-6-20(19)22-28(25,26)18-13-9-16(2)10-14-18/h7-14,19-22H,3-6H2,1-2H3/t19-,20-/m0/s1. The molecule has 0 aromatic heterocycles. The monoisotopic (exact) mass is 422 g/mol. The van der Waals surface area contributed by atoms with E-state index in [9.17, 15) is 16.8 Å². The summed E-state index contributed by atoms with van der Waals surface area (Å²) in [6.07, 6.45) is 2.88. The molecule has 1 aliphatic rings. The molecule has 0 saturated heterocycles. The van der Waals surface area contributed by atoms with Crippen LogP contribution < -0.4 is 9.44 Å². The number of rotatable bonds is 6. The highest BCUT2D eigenvalue weighted by Gasteiger charge is 2.32. The van der Waals surface area contributed by atoms with Gasteiger partial charge in [0.15, 0.2) is 0 Å². The third kappa shape index (κ3) is 5.00. The molecule has 2 aromatic carbocycles. The molecule has 2 aromatic rings. The fraction of sp³-hybridized carbons (Fsp3) is 0.400. The fourth-order valence-electron chi connectivity index (χ4n) is 3.38. The summed E-state index contributed by atoms with van der Waals surface area (Å²) in [6.45, 7) is 3.78. The van der Waals surface area contributed by atoms with E-state index >= 15 is 0 Å². The van der Waals surface area contributed by atoms with E-state index in [2.05, 4.69) is 9.44 Å². The van der Waals surface area contributed by atoms with Crippen LogP contribution >= 0.6 is 0 Å². The molecule has 0 amide bonds. The van der Waals surface area contributed by atoms with Gasteiger partial charge in [-0.25, -0.2) is 26.3 Å². The lowest BCUT2D eigenvalue weighted by molar-refractivity contribution is 0.340. The van der Waals surface area contributed by atoms with Gasteiger partial charge in [0, 0.05) is 12.1 Å². The molecular weight excluding hydrogens is 396 g/mol. The van der Waals surface area contributed by atoms with Crippen molar-refractivity contribution in [2.24, 2.45) is 0 Å². The second-order valence-electron chi connectivity index (χ2n) is 7.37. The Morgan fingerprint density at radius 2 is 0.964 bits per heavy atom. The van der Waals surface area contributed by atoms with E-state index < -0.39 is 32.1 Å². The second kappa shape index (κ2) is 8.32. The highest BCUT2D eigenvalue weighted by Crippen LogP contribution is 2.23. The average molecular weight is 423 g/mol. The zero-order valence-electron chi connectivity index (χ0n) is 16.1. The van der Waals surface area contributed by atoms with Gasteiger partial charge in [-0.05, 0) is 51.0 Å². The van der Waals surface area contributed by atoms with Gasteiger partial charge in [-0.3, -0.25) is 0 Å². The van der Waals surface area contributed by atoms with Gasteiger partial charge in [0.05, 0.1) is 9.79 Å². The van der Waals surface area contributed by atoms with Crippen LogP contribution in [0, 0.1) is 13.8 Å². The molecule has 1 saturated carbocycles. The van der Waals surface area contributed by atoms with Gasteiger partial charge >= 0.3 is 0 Å². The van der Waals surface area contributed by atoms with Crippen LogP contribution in [0.25, 0.3) is 0 Å². The van der Waals surface area contributed by atoms with Gasteiger partial charge in [0.2, 0.25) is 20.0 Å². The lowest BCUT2D eigenvalue weighted by atomic mass is 9.92. The molecule has 0 radical (unpaired) electrons. The molecule has 28 heavy (non-hydrogen) atoms. The summed E-state index contributed by atoms with van der Waals surface area (Å²) in [5.74, 6) is 0. The molecule has 6 nitrogen and oxygen atoms in total. The fourth-order valence-corrected chi connectivity index (χ4v) is 6.00. The molecule has 0 bridgehead atoms. The van der Waals surface area contributed by atoms with Gasteiger partial charge in [0.1, 0.15) is 0 Å². The normalized spacial score (nSPS) is 20.8. The molecule has 0 spiro atoms. The Kier molecular flexibility index (Phi) is 6.24. The Morgan fingerprint density at radius 3 is 1.29 bits per heavy atom. The maximum absolute atomic E-state index is 12.7. The number of aryl methyl sites for hydroxylation is 2. The van der Waals surface area contributed by atoms with Crippen molar-refractivity contribution in [3.8, 4) is 0 Å². The number of hydrogen-bond acceptors (Lipinski definition) is 4. The smallest absolute Gasteiger partial charge is 0.207 e. The van der Waals surface area contributed by atoms with Crippen molar-refractivity contribution in [2.45, 2.75) is 61.4 Å². The zero-order valence-corrected chi connectivity index (χ0v) is 17.7. The molecule has 2 N–H and O–H groups in total. The van der Waals surface area contributed by atoms with Crippen molar-refractivity contribution in [2.75, 3.05) is 0 Å². The molecule has 2 atom stereocenters. The molecule has 0 heterocycles. The zero-order chi connectivity index (χ0) is 20.4. The van der Waals surface area contributed by atoms with Crippen molar-refractivity contribution in [1.29, 1.82) is 0 Å². The lowest BCUT2D eigenvalue weighted by Gasteiger charge is -2.32. The topological polar surface area (TPSA) is 92.3 Å². The molecular formula is C20H26N2O4S2. The first-order valence-electron chi connectivity index (χ1n) is 9.35. The first kappa shape index (κ1) is 21.0. The third-order valence-corrected chi connectivity index (χ3v) is 8.05. The minimum absolute atomic E-state index is 0.184. The molecule has 1 aliphatic carbocycles. The highest BCUT2D eigenvalue weighted by atomic mass is 32.2. The predicted molar refractivity (Wildman–Crippen MR) is 109 cm³/mol. The van der Waals surface area contributed by atoms with Crippen LogP contribution in [-0.2, 0) is 20.0 Å². The van der Waals surface area contributed by atoms with E-state index in [1.807, 2.05) is 13.8 Å². The number of nitrogens with one attached hydrogen (secondary N) is 2. The Morgan fingerprint density at radius 1 is 0.643 bits per heavy atom. The molecule has 152 valence electrons. The maximum Gasteiger partial charge on any atom is 0.240 e. The summed E-state index contributed by atoms with van der Waals surface area (Å²) in [4.78, 5) is 0.368. The predicted octanol–water partition coefficient (Wildman–Crippen LogP) is 2.87. The van der Waals surface area contributed by atoms with E-state index in [1.165, 1.54) is 0 Å². The van der Waals surface area contributed by atoms with Crippen LogP contribution in [-0.4, -0.2) is 28.9 Å². The van der Waals surface area contributed by atoms with Gasteiger partial charge in [0.25, 0.3) is 0 Å². The maximum atomic E-state index is 12.7.